The molecule has 2 aromatic rings. The van der Waals surface area contributed by atoms with E-state index in [2.05, 4.69) is 15.4 Å². The van der Waals surface area contributed by atoms with Gasteiger partial charge in [-0.15, -0.1) is 21.8 Å². The first-order chi connectivity index (χ1) is 8.60. The maximum atomic E-state index is 12.9. The van der Waals surface area contributed by atoms with Gasteiger partial charge in [0.15, 0.2) is 23.2 Å². The second-order valence-electron chi connectivity index (χ2n) is 3.42. The van der Waals surface area contributed by atoms with Gasteiger partial charge in [0.2, 0.25) is 0 Å². The molecule has 0 aliphatic rings. The molecule has 5 nitrogen and oxygen atoms in total. The Bertz CT molecular complexity index is 587. The summed E-state index contributed by atoms with van der Waals surface area (Å²) in [6, 6.07) is 2.92. The van der Waals surface area contributed by atoms with Gasteiger partial charge in [-0.1, -0.05) is 0 Å². The van der Waals surface area contributed by atoms with Gasteiger partial charge in [-0.2, -0.15) is 4.80 Å². The van der Waals surface area contributed by atoms with E-state index in [1.807, 2.05) is 0 Å². The number of hydrogen-bond acceptors (Lipinski definition) is 4. The highest BCUT2D eigenvalue weighted by Gasteiger charge is 2.12. The quantitative estimate of drug-likeness (QED) is 0.626. The van der Waals surface area contributed by atoms with Crippen LogP contribution in [0.25, 0.3) is 0 Å². The minimum atomic E-state index is -1.08. The van der Waals surface area contributed by atoms with E-state index >= 15 is 0 Å². The summed E-state index contributed by atoms with van der Waals surface area (Å²) in [5.41, 5.74) is 0.0404. The van der Waals surface area contributed by atoms with Crippen molar-refractivity contribution in [2.75, 3.05) is 0 Å². The molecule has 94 valence electrons. The van der Waals surface area contributed by atoms with Crippen LogP contribution in [0.1, 0.15) is 16.2 Å². The molecule has 0 saturated carbocycles. The molecule has 8 heteroatoms. The van der Waals surface area contributed by atoms with Crippen molar-refractivity contribution in [1.82, 2.24) is 20.2 Å². The molecular formula is C10H7ClF2N4O. The summed E-state index contributed by atoms with van der Waals surface area (Å²) in [7, 11) is 0. The molecule has 0 amide bonds. The first-order valence-electron chi connectivity index (χ1n) is 4.91. The van der Waals surface area contributed by atoms with Crippen LogP contribution in [-0.2, 0) is 12.4 Å². The van der Waals surface area contributed by atoms with Crippen molar-refractivity contribution in [1.29, 1.82) is 0 Å². The third-order valence-electron chi connectivity index (χ3n) is 2.14. The SMILES string of the molecule is O=C(Cn1nnc(CCl)n1)c1ccc(F)c(F)c1. The summed E-state index contributed by atoms with van der Waals surface area (Å²) in [5, 5.41) is 11.0. The minimum Gasteiger partial charge on any atom is -0.292 e. The molecule has 1 aromatic carbocycles. The van der Waals surface area contributed by atoms with Gasteiger partial charge < -0.3 is 0 Å². The summed E-state index contributed by atoms with van der Waals surface area (Å²) in [5.74, 6) is -2.16. The predicted octanol–water partition coefficient (Wildman–Crippen LogP) is 1.57. The second kappa shape index (κ2) is 5.18. The number of alkyl halides is 1. The first kappa shape index (κ1) is 12.6. The van der Waals surface area contributed by atoms with Crippen molar-refractivity contribution in [3.63, 3.8) is 0 Å². The van der Waals surface area contributed by atoms with Gasteiger partial charge in [-0.05, 0) is 23.4 Å². The molecule has 0 aliphatic carbocycles. The number of aromatic nitrogens is 4. The average Bonchev–Trinajstić information content (AvgIpc) is 2.80. The molecule has 0 spiro atoms. The molecule has 0 atom stereocenters. The smallest absolute Gasteiger partial charge is 0.189 e. The number of rotatable bonds is 4. The van der Waals surface area contributed by atoms with Crippen LogP contribution in [0.3, 0.4) is 0 Å². The molecule has 1 aromatic heterocycles. The van der Waals surface area contributed by atoms with Crippen LogP contribution in [0.5, 0.6) is 0 Å². The van der Waals surface area contributed by atoms with Gasteiger partial charge in [0.05, 0.1) is 5.88 Å². The maximum absolute atomic E-state index is 12.9. The third kappa shape index (κ3) is 2.67. The van der Waals surface area contributed by atoms with E-state index in [-0.39, 0.29) is 23.8 Å². The number of carbonyl (C=O) groups excluding carboxylic acids is 1. The van der Waals surface area contributed by atoms with Gasteiger partial charge in [-0.3, -0.25) is 4.79 Å². The highest BCUT2D eigenvalue weighted by Crippen LogP contribution is 2.09. The van der Waals surface area contributed by atoms with Crippen LogP contribution < -0.4 is 0 Å². The highest BCUT2D eigenvalue weighted by atomic mass is 35.5. The number of halogens is 3. The monoisotopic (exact) mass is 272 g/mol. The Balaban J connectivity index is 2.14. The number of tetrazole rings is 1. The van der Waals surface area contributed by atoms with E-state index in [0.29, 0.717) is 0 Å². The van der Waals surface area contributed by atoms with E-state index in [4.69, 9.17) is 11.6 Å². The molecule has 0 saturated heterocycles. The van der Waals surface area contributed by atoms with E-state index in [1.54, 1.807) is 0 Å². The Labute approximate surface area is 105 Å². The van der Waals surface area contributed by atoms with E-state index in [1.165, 1.54) is 6.07 Å². The Morgan fingerprint density at radius 1 is 1.33 bits per heavy atom. The van der Waals surface area contributed by atoms with E-state index < -0.39 is 17.4 Å². The number of ketones is 1. The molecule has 0 unspecified atom stereocenters. The molecule has 18 heavy (non-hydrogen) atoms. The molecule has 0 N–H and O–H groups in total. The molecule has 0 aliphatic heterocycles. The molecule has 0 fully saturated rings. The molecular weight excluding hydrogens is 266 g/mol. The number of benzene rings is 1. The number of hydrogen-bond donors (Lipinski definition) is 0. The summed E-state index contributed by atoms with van der Waals surface area (Å²) in [4.78, 5) is 12.8. The van der Waals surface area contributed by atoms with Crippen LogP contribution in [0.15, 0.2) is 18.2 Å². The average molecular weight is 273 g/mol. The zero-order valence-electron chi connectivity index (χ0n) is 8.98. The zero-order chi connectivity index (χ0) is 13.1. The Morgan fingerprint density at radius 3 is 2.72 bits per heavy atom. The lowest BCUT2D eigenvalue weighted by molar-refractivity contribution is 0.0960. The van der Waals surface area contributed by atoms with Gasteiger partial charge in [-0.25, -0.2) is 8.78 Å². The number of nitrogens with zero attached hydrogens (tertiary/aromatic N) is 4. The van der Waals surface area contributed by atoms with Crippen molar-refractivity contribution in [2.45, 2.75) is 12.4 Å². The lowest BCUT2D eigenvalue weighted by atomic mass is 10.1. The third-order valence-corrected chi connectivity index (χ3v) is 2.38. The highest BCUT2D eigenvalue weighted by molar-refractivity contribution is 6.16. The molecule has 0 bridgehead atoms. The summed E-state index contributed by atoms with van der Waals surface area (Å²) < 4.78 is 25.6. The van der Waals surface area contributed by atoms with Crippen LogP contribution in [0.2, 0.25) is 0 Å². The van der Waals surface area contributed by atoms with Crippen LogP contribution in [0, 0.1) is 11.6 Å². The Morgan fingerprint density at radius 2 is 2.11 bits per heavy atom. The van der Waals surface area contributed by atoms with Crippen molar-refractivity contribution >= 4 is 17.4 Å². The number of Topliss-reactive ketones (excluding diaryl/α,β-unsaturated/α-hetero) is 1. The van der Waals surface area contributed by atoms with Crippen molar-refractivity contribution in [3.8, 4) is 0 Å². The van der Waals surface area contributed by atoms with Gasteiger partial charge in [0.25, 0.3) is 0 Å². The van der Waals surface area contributed by atoms with Gasteiger partial charge in [0.1, 0.15) is 6.54 Å². The molecule has 0 radical (unpaired) electrons. The Hall–Kier alpha value is -1.89. The maximum Gasteiger partial charge on any atom is 0.189 e. The fourth-order valence-electron chi connectivity index (χ4n) is 1.29. The summed E-state index contributed by atoms with van der Waals surface area (Å²) >= 11 is 5.48. The van der Waals surface area contributed by atoms with E-state index in [0.717, 1.165) is 16.9 Å². The van der Waals surface area contributed by atoms with Gasteiger partial charge in [0, 0.05) is 5.56 Å². The van der Waals surface area contributed by atoms with Crippen LogP contribution in [0.4, 0.5) is 8.78 Å². The summed E-state index contributed by atoms with van der Waals surface area (Å²) in [6.45, 7) is -0.213. The lowest BCUT2D eigenvalue weighted by Crippen LogP contribution is -2.13. The predicted molar refractivity (Wildman–Crippen MR) is 58.1 cm³/mol. The summed E-state index contributed by atoms with van der Waals surface area (Å²) in [6.07, 6.45) is 0. The van der Waals surface area contributed by atoms with Crippen LogP contribution >= 0.6 is 11.6 Å². The fraction of sp³-hybridized carbons (Fsp3) is 0.200. The Kier molecular flexibility index (Phi) is 3.61. The van der Waals surface area contributed by atoms with Crippen molar-refractivity contribution in [3.05, 3.63) is 41.2 Å². The lowest BCUT2D eigenvalue weighted by Gasteiger charge is -2.00. The van der Waals surface area contributed by atoms with Crippen molar-refractivity contribution < 1.29 is 13.6 Å². The normalized spacial score (nSPS) is 10.6. The topological polar surface area (TPSA) is 60.7 Å². The largest absolute Gasteiger partial charge is 0.292 e. The molecule has 2 rings (SSSR count). The van der Waals surface area contributed by atoms with E-state index in [9.17, 15) is 13.6 Å². The van der Waals surface area contributed by atoms with Gasteiger partial charge >= 0.3 is 0 Å². The zero-order valence-corrected chi connectivity index (χ0v) is 9.73. The standard InChI is InChI=1S/C10H7ClF2N4O/c11-4-10-14-16-17(15-10)5-9(18)6-1-2-7(12)8(13)3-6/h1-3H,4-5H2. The van der Waals surface area contributed by atoms with Crippen molar-refractivity contribution in [2.24, 2.45) is 0 Å². The fourth-order valence-corrected chi connectivity index (χ4v) is 1.39. The number of carbonyl (C=O) groups is 1. The second-order valence-corrected chi connectivity index (χ2v) is 3.69. The first-order valence-corrected chi connectivity index (χ1v) is 5.44. The van der Waals surface area contributed by atoms with Crippen LogP contribution in [-0.4, -0.2) is 26.0 Å². The minimum absolute atomic E-state index is 0.0404. The molecule has 1 heterocycles.